The molecule has 8 nitrogen and oxygen atoms in total. The second kappa shape index (κ2) is 7.02. The van der Waals surface area contributed by atoms with Gasteiger partial charge in [-0.15, -0.1) is 0 Å². The minimum atomic E-state index is 0.0206. The number of rotatable bonds is 5. The standard InChI is InChI=1S/C19H24N6O2/c1-4-7-25-17-6-8-23(19(26)14-9-21-24(5-2)13(14)3)10-15(17)18(22-25)16-11-27-12-20-16/h9,11-12H,4-8,10H2,1-3H3. The van der Waals surface area contributed by atoms with Gasteiger partial charge in [0.1, 0.15) is 17.7 Å². The van der Waals surface area contributed by atoms with Crippen molar-refractivity contribution in [3.05, 3.63) is 41.4 Å². The van der Waals surface area contributed by atoms with Crippen LogP contribution in [0.5, 0.6) is 0 Å². The molecule has 0 bridgehead atoms. The Kier molecular flexibility index (Phi) is 4.55. The lowest BCUT2D eigenvalue weighted by molar-refractivity contribution is 0.0732. The zero-order chi connectivity index (χ0) is 19.0. The van der Waals surface area contributed by atoms with Gasteiger partial charge in [-0.1, -0.05) is 6.92 Å². The Morgan fingerprint density at radius 1 is 1.30 bits per heavy atom. The lowest BCUT2D eigenvalue weighted by atomic mass is 10.0. The second-order valence-electron chi connectivity index (χ2n) is 6.81. The number of aromatic nitrogens is 5. The summed E-state index contributed by atoms with van der Waals surface area (Å²) in [6.45, 7) is 8.91. The van der Waals surface area contributed by atoms with E-state index in [-0.39, 0.29) is 5.91 Å². The normalized spacial score (nSPS) is 13.8. The molecule has 0 saturated carbocycles. The molecule has 1 amide bonds. The summed E-state index contributed by atoms with van der Waals surface area (Å²) in [5.41, 5.74) is 5.37. The SMILES string of the molecule is CCCn1nc(-c2cocn2)c2c1CCN(C(=O)c1cnn(CC)c1C)C2. The van der Waals surface area contributed by atoms with Gasteiger partial charge in [0.25, 0.3) is 5.91 Å². The summed E-state index contributed by atoms with van der Waals surface area (Å²) in [5.74, 6) is 0.0206. The number of aryl methyl sites for hydroxylation is 2. The predicted octanol–water partition coefficient (Wildman–Crippen LogP) is 2.67. The smallest absolute Gasteiger partial charge is 0.257 e. The fraction of sp³-hybridized carbons (Fsp3) is 0.474. The molecule has 3 aromatic rings. The molecule has 0 saturated heterocycles. The largest absolute Gasteiger partial charge is 0.451 e. The fourth-order valence-electron chi connectivity index (χ4n) is 3.74. The van der Waals surface area contributed by atoms with E-state index in [1.54, 1.807) is 12.5 Å². The fourth-order valence-corrected chi connectivity index (χ4v) is 3.74. The highest BCUT2D eigenvalue weighted by Crippen LogP contribution is 2.30. The molecular formula is C19H24N6O2. The Balaban J connectivity index is 1.67. The van der Waals surface area contributed by atoms with Crippen LogP contribution in [0.1, 0.15) is 47.6 Å². The maximum atomic E-state index is 13.1. The molecule has 0 N–H and O–H groups in total. The minimum absolute atomic E-state index is 0.0206. The summed E-state index contributed by atoms with van der Waals surface area (Å²) in [4.78, 5) is 19.2. The van der Waals surface area contributed by atoms with Crippen molar-refractivity contribution in [1.82, 2.24) is 29.4 Å². The number of carbonyl (C=O) groups is 1. The highest BCUT2D eigenvalue weighted by Gasteiger charge is 2.30. The van der Waals surface area contributed by atoms with Crippen LogP contribution in [0.3, 0.4) is 0 Å². The van der Waals surface area contributed by atoms with E-state index < -0.39 is 0 Å². The minimum Gasteiger partial charge on any atom is -0.451 e. The first-order chi connectivity index (χ1) is 13.1. The van der Waals surface area contributed by atoms with E-state index in [1.807, 2.05) is 23.4 Å². The van der Waals surface area contributed by atoms with Crippen molar-refractivity contribution in [2.24, 2.45) is 0 Å². The molecule has 4 heterocycles. The first-order valence-electron chi connectivity index (χ1n) is 9.42. The topological polar surface area (TPSA) is 82.0 Å². The Morgan fingerprint density at radius 3 is 2.81 bits per heavy atom. The maximum Gasteiger partial charge on any atom is 0.257 e. The maximum absolute atomic E-state index is 13.1. The number of carbonyl (C=O) groups excluding carboxylic acids is 1. The Labute approximate surface area is 157 Å². The second-order valence-corrected chi connectivity index (χ2v) is 6.81. The zero-order valence-electron chi connectivity index (χ0n) is 16.0. The quantitative estimate of drug-likeness (QED) is 0.691. The van der Waals surface area contributed by atoms with E-state index in [1.165, 1.54) is 12.1 Å². The van der Waals surface area contributed by atoms with Crippen molar-refractivity contribution >= 4 is 5.91 Å². The van der Waals surface area contributed by atoms with Gasteiger partial charge in [-0.2, -0.15) is 10.2 Å². The highest BCUT2D eigenvalue weighted by molar-refractivity contribution is 5.95. The van der Waals surface area contributed by atoms with Crippen molar-refractivity contribution in [3.63, 3.8) is 0 Å². The molecule has 0 radical (unpaired) electrons. The summed E-state index contributed by atoms with van der Waals surface area (Å²) >= 11 is 0. The molecule has 1 aliphatic heterocycles. The van der Waals surface area contributed by atoms with Crippen molar-refractivity contribution < 1.29 is 9.21 Å². The molecule has 8 heteroatoms. The third-order valence-electron chi connectivity index (χ3n) is 5.16. The third-order valence-corrected chi connectivity index (χ3v) is 5.16. The van der Waals surface area contributed by atoms with Crippen LogP contribution >= 0.6 is 0 Å². The van der Waals surface area contributed by atoms with Gasteiger partial charge >= 0.3 is 0 Å². The number of oxazole rings is 1. The molecular weight excluding hydrogens is 344 g/mol. The monoisotopic (exact) mass is 368 g/mol. The van der Waals surface area contributed by atoms with Crippen LogP contribution in [-0.2, 0) is 26.1 Å². The van der Waals surface area contributed by atoms with Gasteiger partial charge in [-0.3, -0.25) is 14.2 Å². The third kappa shape index (κ3) is 2.94. The van der Waals surface area contributed by atoms with E-state index in [0.717, 1.165) is 42.9 Å². The van der Waals surface area contributed by atoms with Gasteiger partial charge in [0.15, 0.2) is 6.39 Å². The van der Waals surface area contributed by atoms with E-state index in [4.69, 9.17) is 9.52 Å². The highest BCUT2D eigenvalue weighted by atomic mass is 16.3. The average molecular weight is 368 g/mol. The van der Waals surface area contributed by atoms with E-state index >= 15 is 0 Å². The molecule has 3 aromatic heterocycles. The lowest BCUT2D eigenvalue weighted by Crippen LogP contribution is -2.36. The molecule has 4 rings (SSSR count). The first-order valence-corrected chi connectivity index (χ1v) is 9.42. The Morgan fingerprint density at radius 2 is 2.15 bits per heavy atom. The van der Waals surface area contributed by atoms with Crippen LogP contribution in [0, 0.1) is 6.92 Å². The van der Waals surface area contributed by atoms with E-state index in [9.17, 15) is 4.79 Å². The zero-order valence-corrected chi connectivity index (χ0v) is 16.0. The molecule has 0 spiro atoms. The van der Waals surface area contributed by atoms with Crippen LogP contribution in [0.2, 0.25) is 0 Å². The van der Waals surface area contributed by atoms with Crippen LogP contribution in [0.15, 0.2) is 23.3 Å². The summed E-state index contributed by atoms with van der Waals surface area (Å²) in [6, 6.07) is 0. The number of amides is 1. The van der Waals surface area contributed by atoms with E-state index in [0.29, 0.717) is 24.3 Å². The van der Waals surface area contributed by atoms with Crippen molar-refractivity contribution in [2.45, 2.75) is 53.2 Å². The lowest BCUT2D eigenvalue weighted by Gasteiger charge is -2.28. The summed E-state index contributed by atoms with van der Waals surface area (Å²) in [7, 11) is 0. The summed E-state index contributed by atoms with van der Waals surface area (Å²) < 4.78 is 9.06. The predicted molar refractivity (Wildman–Crippen MR) is 99.1 cm³/mol. The summed E-state index contributed by atoms with van der Waals surface area (Å²) in [5, 5.41) is 9.08. The van der Waals surface area contributed by atoms with Gasteiger partial charge in [0, 0.05) is 43.0 Å². The molecule has 1 aliphatic rings. The van der Waals surface area contributed by atoms with Crippen LogP contribution in [0.25, 0.3) is 11.4 Å². The molecule has 0 unspecified atom stereocenters. The van der Waals surface area contributed by atoms with Gasteiger partial charge < -0.3 is 9.32 Å². The van der Waals surface area contributed by atoms with Gasteiger partial charge in [0.05, 0.1) is 18.3 Å². The van der Waals surface area contributed by atoms with Crippen LogP contribution in [-0.4, -0.2) is 41.9 Å². The number of hydrogen-bond donors (Lipinski definition) is 0. The van der Waals surface area contributed by atoms with Gasteiger partial charge in [0.2, 0.25) is 0 Å². The molecule has 27 heavy (non-hydrogen) atoms. The van der Waals surface area contributed by atoms with Crippen molar-refractivity contribution in [2.75, 3.05) is 6.54 Å². The first kappa shape index (κ1) is 17.5. The molecule has 142 valence electrons. The van der Waals surface area contributed by atoms with Crippen molar-refractivity contribution in [1.29, 1.82) is 0 Å². The Hall–Kier alpha value is -2.90. The number of nitrogens with zero attached hydrogens (tertiary/aromatic N) is 6. The van der Waals surface area contributed by atoms with Gasteiger partial charge in [-0.05, 0) is 20.3 Å². The number of fused-ring (bicyclic) bond motifs is 1. The van der Waals surface area contributed by atoms with Crippen molar-refractivity contribution in [3.8, 4) is 11.4 Å². The van der Waals surface area contributed by atoms with Gasteiger partial charge in [-0.25, -0.2) is 4.98 Å². The van der Waals surface area contributed by atoms with Crippen LogP contribution in [0.4, 0.5) is 0 Å². The average Bonchev–Trinajstić information content (AvgIpc) is 3.40. The Bertz CT molecular complexity index is 953. The van der Waals surface area contributed by atoms with E-state index in [2.05, 4.69) is 21.7 Å². The summed E-state index contributed by atoms with van der Waals surface area (Å²) in [6.07, 6.45) is 6.48. The number of hydrogen-bond acceptors (Lipinski definition) is 5. The molecule has 0 atom stereocenters. The molecule has 0 aliphatic carbocycles. The van der Waals surface area contributed by atoms with Crippen LogP contribution < -0.4 is 0 Å². The molecule has 0 fully saturated rings. The molecule has 0 aromatic carbocycles.